The lowest BCUT2D eigenvalue weighted by Gasteiger charge is -2.36. The molecule has 0 saturated heterocycles. The van der Waals surface area contributed by atoms with Crippen LogP contribution in [0.25, 0.3) is 6.08 Å². The SMILES string of the molecule is FC(F)(F)c1ccc(Oc2cccc(C=C3CCC(N4CC=CC=C4Cl)CC3)c2)nc1. The van der Waals surface area contributed by atoms with Crippen molar-refractivity contribution in [2.45, 2.75) is 37.9 Å². The Balaban J connectivity index is 1.38. The van der Waals surface area contributed by atoms with Gasteiger partial charge in [-0.1, -0.05) is 47.5 Å². The van der Waals surface area contributed by atoms with Crippen LogP contribution in [0.1, 0.15) is 36.8 Å². The zero-order valence-electron chi connectivity index (χ0n) is 16.8. The van der Waals surface area contributed by atoms with Gasteiger partial charge in [0.2, 0.25) is 5.88 Å². The van der Waals surface area contributed by atoms with Gasteiger partial charge in [-0.2, -0.15) is 13.2 Å². The second-order valence-corrected chi connectivity index (χ2v) is 8.05. The van der Waals surface area contributed by atoms with Gasteiger partial charge in [-0.3, -0.25) is 0 Å². The van der Waals surface area contributed by atoms with Gasteiger partial charge in [-0.05, 0) is 55.5 Å². The molecule has 1 aliphatic heterocycles. The molecule has 4 rings (SSSR count). The lowest BCUT2D eigenvalue weighted by molar-refractivity contribution is -0.137. The Hall–Kier alpha value is -2.73. The predicted molar refractivity (Wildman–Crippen MR) is 116 cm³/mol. The van der Waals surface area contributed by atoms with Crippen LogP contribution < -0.4 is 4.74 Å². The third-order valence-electron chi connectivity index (χ3n) is 5.50. The Kier molecular flexibility index (Phi) is 6.37. The molecule has 0 atom stereocenters. The highest BCUT2D eigenvalue weighted by Gasteiger charge is 2.30. The van der Waals surface area contributed by atoms with E-state index in [1.807, 2.05) is 30.4 Å². The number of hydrogen-bond donors (Lipinski definition) is 0. The van der Waals surface area contributed by atoms with Crippen molar-refractivity contribution in [1.29, 1.82) is 0 Å². The number of alkyl halides is 3. The fourth-order valence-corrected chi connectivity index (χ4v) is 4.17. The number of ether oxygens (including phenoxy) is 1. The van der Waals surface area contributed by atoms with E-state index in [4.69, 9.17) is 16.3 Å². The second-order valence-electron chi connectivity index (χ2n) is 7.66. The van der Waals surface area contributed by atoms with Gasteiger partial charge in [0.15, 0.2) is 0 Å². The molecule has 0 radical (unpaired) electrons. The number of hydrogen-bond acceptors (Lipinski definition) is 3. The van der Waals surface area contributed by atoms with Crippen molar-refractivity contribution in [3.63, 3.8) is 0 Å². The molecule has 0 N–H and O–H groups in total. The largest absolute Gasteiger partial charge is 0.439 e. The standard InChI is InChI=1S/C24H22ClF3N2O/c25-22-6-1-2-13-30(22)20-10-7-17(8-11-20)14-18-4-3-5-21(15-18)31-23-12-9-19(16-29-23)24(26,27)28/h1-6,9,12,14-16,20H,7-8,10-11,13H2. The first-order chi connectivity index (χ1) is 14.9. The molecular formula is C24H22ClF3N2O. The summed E-state index contributed by atoms with van der Waals surface area (Å²) in [6.45, 7) is 0.858. The van der Waals surface area contributed by atoms with E-state index in [0.717, 1.165) is 55.2 Å². The number of halogens is 4. The van der Waals surface area contributed by atoms with E-state index in [0.29, 0.717) is 11.8 Å². The second kappa shape index (κ2) is 9.18. The highest BCUT2D eigenvalue weighted by atomic mass is 35.5. The first-order valence-corrected chi connectivity index (χ1v) is 10.6. The van der Waals surface area contributed by atoms with Crippen LogP contribution in [0.2, 0.25) is 0 Å². The summed E-state index contributed by atoms with van der Waals surface area (Å²) in [5, 5.41) is 0.807. The maximum atomic E-state index is 12.7. The summed E-state index contributed by atoms with van der Waals surface area (Å²) in [6, 6.07) is 10.1. The highest BCUT2D eigenvalue weighted by molar-refractivity contribution is 6.29. The summed E-state index contributed by atoms with van der Waals surface area (Å²) in [5.74, 6) is 0.658. The molecule has 2 aliphatic rings. The van der Waals surface area contributed by atoms with Crippen molar-refractivity contribution in [2.75, 3.05) is 6.54 Å². The molecule has 1 aromatic heterocycles. The quantitative estimate of drug-likeness (QED) is 0.465. The van der Waals surface area contributed by atoms with Gasteiger partial charge in [-0.15, -0.1) is 0 Å². The third-order valence-corrected chi connectivity index (χ3v) is 5.84. The molecule has 3 nitrogen and oxygen atoms in total. The molecule has 7 heteroatoms. The summed E-state index contributed by atoms with van der Waals surface area (Å²) in [6.07, 6.45) is 8.68. The molecule has 2 aromatic rings. The van der Waals surface area contributed by atoms with Gasteiger partial charge < -0.3 is 9.64 Å². The van der Waals surface area contributed by atoms with Crippen molar-refractivity contribution in [3.05, 3.63) is 82.7 Å². The Labute approximate surface area is 184 Å². The maximum absolute atomic E-state index is 12.7. The van der Waals surface area contributed by atoms with E-state index in [1.165, 1.54) is 11.6 Å². The van der Waals surface area contributed by atoms with E-state index < -0.39 is 11.7 Å². The van der Waals surface area contributed by atoms with E-state index >= 15 is 0 Å². The minimum atomic E-state index is -4.41. The fraction of sp³-hybridized carbons (Fsp3) is 0.292. The number of nitrogens with zero attached hydrogens (tertiary/aromatic N) is 2. The van der Waals surface area contributed by atoms with Crippen LogP contribution in [-0.4, -0.2) is 22.5 Å². The van der Waals surface area contributed by atoms with Crippen LogP contribution >= 0.6 is 11.6 Å². The number of allylic oxidation sites excluding steroid dienone is 3. The van der Waals surface area contributed by atoms with Gasteiger partial charge in [0.05, 0.1) is 5.56 Å². The average molecular weight is 447 g/mol. The van der Waals surface area contributed by atoms with Gasteiger partial charge in [0.25, 0.3) is 0 Å². The molecule has 1 saturated carbocycles. The van der Waals surface area contributed by atoms with Crippen molar-refractivity contribution >= 4 is 17.7 Å². The van der Waals surface area contributed by atoms with Crippen molar-refractivity contribution in [2.24, 2.45) is 0 Å². The first kappa shape index (κ1) is 21.5. The number of rotatable bonds is 4. The Morgan fingerprint density at radius 1 is 1.13 bits per heavy atom. The number of pyridine rings is 1. The van der Waals surface area contributed by atoms with Crippen LogP contribution in [0.5, 0.6) is 11.6 Å². The van der Waals surface area contributed by atoms with E-state index in [-0.39, 0.29) is 5.88 Å². The smallest absolute Gasteiger partial charge is 0.417 e. The van der Waals surface area contributed by atoms with Crippen molar-refractivity contribution < 1.29 is 17.9 Å². The Bertz CT molecular complexity index is 1000. The highest BCUT2D eigenvalue weighted by Crippen LogP contribution is 2.33. The normalized spacial score (nSPS) is 19.2. The van der Waals surface area contributed by atoms with E-state index in [9.17, 15) is 13.2 Å². The molecule has 162 valence electrons. The van der Waals surface area contributed by atoms with Crippen LogP contribution in [0.3, 0.4) is 0 Å². The van der Waals surface area contributed by atoms with Gasteiger partial charge in [-0.25, -0.2) is 4.98 Å². The fourth-order valence-electron chi connectivity index (χ4n) is 3.89. The number of aromatic nitrogens is 1. The molecule has 1 aliphatic carbocycles. The zero-order valence-corrected chi connectivity index (χ0v) is 17.5. The van der Waals surface area contributed by atoms with Gasteiger partial charge >= 0.3 is 6.18 Å². The van der Waals surface area contributed by atoms with E-state index in [1.54, 1.807) is 6.07 Å². The van der Waals surface area contributed by atoms with Crippen molar-refractivity contribution in [1.82, 2.24) is 9.88 Å². The third kappa shape index (κ3) is 5.50. The van der Waals surface area contributed by atoms with E-state index in [2.05, 4.69) is 22.0 Å². The zero-order chi connectivity index (χ0) is 21.8. The molecule has 0 bridgehead atoms. The molecule has 0 spiro atoms. The first-order valence-electron chi connectivity index (χ1n) is 10.2. The van der Waals surface area contributed by atoms with Crippen molar-refractivity contribution in [3.8, 4) is 11.6 Å². The molecule has 0 amide bonds. The Morgan fingerprint density at radius 3 is 2.61 bits per heavy atom. The Morgan fingerprint density at radius 2 is 1.94 bits per heavy atom. The average Bonchev–Trinajstić information content (AvgIpc) is 2.75. The predicted octanol–water partition coefficient (Wildman–Crippen LogP) is 7.17. The summed E-state index contributed by atoms with van der Waals surface area (Å²) in [5.41, 5.74) is 1.57. The molecule has 1 aromatic carbocycles. The lowest BCUT2D eigenvalue weighted by Crippen LogP contribution is -2.36. The minimum Gasteiger partial charge on any atom is -0.439 e. The topological polar surface area (TPSA) is 25.4 Å². The molecule has 1 fully saturated rings. The monoisotopic (exact) mass is 446 g/mol. The summed E-state index contributed by atoms with van der Waals surface area (Å²) in [4.78, 5) is 6.02. The summed E-state index contributed by atoms with van der Waals surface area (Å²) >= 11 is 6.34. The van der Waals surface area contributed by atoms with Gasteiger partial charge in [0, 0.05) is 24.8 Å². The van der Waals surface area contributed by atoms with Crippen LogP contribution in [0.15, 0.2) is 71.6 Å². The lowest BCUT2D eigenvalue weighted by atomic mass is 9.88. The maximum Gasteiger partial charge on any atom is 0.417 e. The van der Waals surface area contributed by atoms with Crippen LogP contribution in [-0.2, 0) is 6.18 Å². The van der Waals surface area contributed by atoms with Crippen LogP contribution in [0, 0.1) is 0 Å². The van der Waals surface area contributed by atoms with Crippen LogP contribution in [0.4, 0.5) is 13.2 Å². The summed E-state index contributed by atoms with van der Waals surface area (Å²) in [7, 11) is 0. The molecule has 31 heavy (non-hydrogen) atoms. The molecule has 2 heterocycles. The molecule has 0 unspecified atom stereocenters. The number of benzene rings is 1. The van der Waals surface area contributed by atoms with Gasteiger partial charge in [0.1, 0.15) is 10.9 Å². The molecular weight excluding hydrogens is 425 g/mol. The summed E-state index contributed by atoms with van der Waals surface area (Å²) < 4.78 is 43.6. The minimum absolute atomic E-state index is 0.124.